The normalized spacial score (nSPS) is 14.6. The number of piperidine rings is 1. The van der Waals surface area contributed by atoms with Crippen LogP contribution in [-0.4, -0.2) is 43.1 Å². The lowest BCUT2D eigenvalue weighted by molar-refractivity contribution is -0.133. The Morgan fingerprint density at radius 2 is 2.15 bits per heavy atom. The maximum atomic E-state index is 12.0. The maximum absolute atomic E-state index is 12.0. The number of ether oxygens (including phenoxy) is 1. The summed E-state index contributed by atoms with van der Waals surface area (Å²) in [4.78, 5) is 25.8. The topological polar surface area (TPSA) is 70.7 Å². The lowest BCUT2D eigenvalue weighted by Crippen LogP contribution is -2.34. The predicted molar refractivity (Wildman–Crippen MR) is 103 cm³/mol. The van der Waals surface area contributed by atoms with E-state index in [1.165, 1.54) is 0 Å². The third-order valence-electron chi connectivity index (χ3n) is 4.18. The van der Waals surface area contributed by atoms with Crippen LogP contribution in [0.15, 0.2) is 24.3 Å². The second-order valence-electron chi connectivity index (χ2n) is 7.18. The molecule has 0 bridgehead atoms. The Bertz CT molecular complexity index is 589. The highest BCUT2D eigenvalue weighted by Crippen LogP contribution is 2.17. The Hall–Kier alpha value is -2.08. The van der Waals surface area contributed by atoms with Gasteiger partial charge in [-0.2, -0.15) is 0 Å². The van der Waals surface area contributed by atoms with Crippen molar-refractivity contribution in [1.29, 1.82) is 0 Å². The number of anilines is 1. The highest BCUT2D eigenvalue weighted by atomic mass is 16.5. The molecule has 6 nitrogen and oxygen atoms in total. The van der Waals surface area contributed by atoms with E-state index in [0.717, 1.165) is 43.7 Å². The van der Waals surface area contributed by atoms with Crippen molar-refractivity contribution in [3.05, 3.63) is 29.8 Å². The van der Waals surface area contributed by atoms with Gasteiger partial charge in [-0.1, -0.05) is 26.0 Å². The van der Waals surface area contributed by atoms with Crippen LogP contribution in [-0.2, 0) is 16.1 Å². The van der Waals surface area contributed by atoms with Crippen LogP contribution in [0, 0.1) is 5.92 Å². The summed E-state index contributed by atoms with van der Waals surface area (Å²) < 4.78 is 5.49. The number of nitrogens with zero attached hydrogens (tertiary/aromatic N) is 1. The predicted octanol–water partition coefficient (Wildman–Crippen LogP) is 3.38. The van der Waals surface area contributed by atoms with Gasteiger partial charge < -0.3 is 20.3 Å². The molecule has 0 unspecified atom stereocenters. The summed E-state index contributed by atoms with van der Waals surface area (Å²) in [6.45, 7) is 7.61. The van der Waals surface area contributed by atoms with Gasteiger partial charge in [-0.05, 0) is 42.9 Å². The third-order valence-corrected chi connectivity index (χ3v) is 4.18. The maximum Gasteiger partial charge on any atom is 0.319 e. The summed E-state index contributed by atoms with van der Waals surface area (Å²) in [6.07, 6.45) is 3.48. The second-order valence-corrected chi connectivity index (χ2v) is 7.18. The van der Waals surface area contributed by atoms with Crippen molar-refractivity contribution < 1.29 is 14.3 Å². The molecule has 1 fully saturated rings. The van der Waals surface area contributed by atoms with Crippen LogP contribution in [0.2, 0.25) is 0 Å². The number of carbonyl (C=O) groups is 2. The number of nitrogens with one attached hydrogen (secondary N) is 2. The van der Waals surface area contributed by atoms with E-state index in [0.29, 0.717) is 32.0 Å². The standard InChI is InChI=1S/C20H31N3O3/c1-16(2)15-26-12-6-10-21-20(25)22-18-8-5-7-17(13-18)14-23-11-4-3-9-19(23)24/h5,7-8,13,16H,3-4,6,9-12,14-15H2,1-2H3,(H2,21,22,25). The lowest BCUT2D eigenvalue weighted by Gasteiger charge is -2.26. The minimum Gasteiger partial charge on any atom is -0.381 e. The molecule has 26 heavy (non-hydrogen) atoms. The summed E-state index contributed by atoms with van der Waals surface area (Å²) in [7, 11) is 0. The molecule has 0 atom stereocenters. The van der Waals surface area contributed by atoms with Crippen LogP contribution >= 0.6 is 0 Å². The molecule has 1 aromatic rings. The van der Waals surface area contributed by atoms with Gasteiger partial charge in [0.15, 0.2) is 0 Å². The average molecular weight is 361 g/mol. The van der Waals surface area contributed by atoms with Gasteiger partial charge in [-0.3, -0.25) is 4.79 Å². The molecule has 0 aromatic heterocycles. The van der Waals surface area contributed by atoms with E-state index in [4.69, 9.17) is 4.74 Å². The summed E-state index contributed by atoms with van der Waals surface area (Å²) in [5.41, 5.74) is 1.76. The summed E-state index contributed by atoms with van der Waals surface area (Å²) in [5.74, 6) is 0.741. The first-order chi connectivity index (χ1) is 12.5. The molecule has 0 saturated carbocycles. The zero-order valence-corrected chi connectivity index (χ0v) is 15.9. The zero-order valence-electron chi connectivity index (χ0n) is 15.9. The van der Waals surface area contributed by atoms with E-state index >= 15 is 0 Å². The van der Waals surface area contributed by atoms with E-state index in [-0.39, 0.29) is 11.9 Å². The van der Waals surface area contributed by atoms with Crippen molar-refractivity contribution in [2.45, 2.75) is 46.1 Å². The molecule has 1 aromatic carbocycles. The number of urea groups is 1. The molecule has 0 radical (unpaired) electrons. The molecule has 2 rings (SSSR count). The van der Waals surface area contributed by atoms with E-state index in [2.05, 4.69) is 24.5 Å². The van der Waals surface area contributed by atoms with Crippen LogP contribution in [0.4, 0.5) is 10.5 Å². The number of carbonyl (C=O) groups excluding carboxylic acids is 2. The average Bonchev–Trinajstić information content (AvgIpc) is 2.60. The number of benzene rings is 1. The zero-order chi connectivity index (χ0) is 18.8. The summed E-state index contributed by atoms with van der Waals surface area (Å²) >= 11 is 0. The van der Waals surface area contributed by atoms with E-state index in [9.17, 15) is 9.59 Å². The van der Waals surface area contributed by atoms with Crippen LogP contribution < -0.4 is 10.6 Å². The van der Waals surface area contributed by atoms with Gasteiger partial charge in [-0.15, -0.1) is 0 Å². The van der Waals surface area contributed by atoms with Gasteiger partial charge in [0, 0.05) is 45.0 Å². The Kier molecular flexibility index (Phi) is 8.41. The quantitative estimate of drug-likeness (QED) is 0.663. The Balaban J connectivity index is 1.71. The molecule has 1 heterocycles. The molecule has 0 aliphatic carbocycles. The molecule has 0 spiro atoms. The third kappa shape index (κ3) is 7.44. The van der Waals surface area contributed by atoms with Gasteiger partial charge in [0.25, 0.3) is 0 Å². The number of likely N-dealkylation sites (tertiary alicyclic amines) is 1. The van der Waals surface area contributed by atoms with Crippen molar-refractivity contribution in [1.82, 2.24) is 10.2 Å². The number of rotatable bonds is 9. The molecule has 1 aliphatic heterocycles. The Labute approximate surface area is 156 Å². The first kappa shape index (κ1) is 20.2. The van der Waals surface area contributed by atoms with Crippen molar-refractivity contribution in [2.24, 2.45) is 5.92 Å². The Morgan fingerprint density at radius 1 is 1.31 bits per heavy atom. The molecule has 144 valence electrons. The molecule has 1 aliphatic rings. The monoisotopic (exact) mass is 361 g/mol. The fraction of sp³-hybridized carbons (Fsp3) is 0.600. The van der Waals surface area contributed by atoms with Crippen molar-refractivity contribution in [3.8, 4) is 0 Å². The highest BCUT2D eigenvalue weighted by molar-refractivity contribution is 5.89. The minimum absolute atomic E-state index is 0.215. The van der Waals surface area contributed by atoms with Gasteiger partial charge in [0.2, 0.25) is 5.91 Å². The summed E-state index contributed by atoms with van der Waals surface area (Å²) in [5, 5.41) is 5.68. The minimum atomic E-state index is -0.222. The fourth-order valence-electron chi connectivity index (χ4n) is 2.87. The Morgan fingerprint density at radius 3 is 2.92 bits per heavy atom. The summed E-state index contributed by atoms with van der Waals surface area (Å²) in [6, 6.07) is 7.44. The van der Waals surface area contributed by atoms with Crippen molar-refractivity contribution in [3.63, 3.8) is 0 Å². The lowest BCUT2D eigenvalue weighted by atomic mass is 10.1. The van der Waals surface area contributed by atoms with Gasteiger partial charge in [-0.25, -0.2) is 4.79 Å². The number of amides is 3. The second kappa shape index (κ2) is 10.8. The SMILES string of the molecule is CC(C)COCCCNC(=O)Nc1cccc(CN2CCCCC2=O)c1. The van der Waals surface area contributed by atoms with Gasteiger partial charge in [0.1, 0.15) is 0 Å². The van der Waals surface area contributed by atoms with E-state index in [1.807, 2.05) is 29.2 Å². The van der Waals surface area contributed by atoms with Crippen molar-refractivity contribution in [2.75, 3.05) is 31.6 Å². The van der Waals surface area contributed by atoms with Gasteiger partial charge >= 0.3 is 6.03 Å². The van der Waals surface area contributed by atoms with Crippen LogP contribution in [0.5, 0.6) is 0 Å². The van der Waals surface area contributed by atoms with E-state index < -0.39 is 0 Å². The highest BCUT2D eigenvalue weighted by Gasteiger charge is 2.18. The van der Waals surface area contributed by atoms with Crippen LogP contribution in [0.1, 0.15) is 45.1 Å². The largest absolute Gasteiger partial charge is 0.381 e. The van der Waals surface area contributed by atoms with E-state index in [1.54, 1.807) is 0 Å². The molecule has 6 heteroatoms. The molecular formula is C20H31N3O3. The smallest absolute Gasteiger partial charge is 0.319 e. The molecule has 2 N–H and O–H groups in total. The van der Waals surface area contributed by atoms with Crippen molar-refractivity contribution >= 4 is 17.6 Å². The molecular weight excluding hydrogens is 330 g/mol. The van der Waals surface area contributed by atoms with Gasteiger partial charge in [0.05, 0.1) is 0 Å². The first-order valence-corrected chi connectivity index (χ1v) is 9.54. The van der Waals surface area contributed by atoms with Crippen LogP contribution in [0.25, 0.3) is 0 Å². The fourth-order valence-corrected chi connectivity index (χ4v) is 2.87. The number of hydrogen-bond acceptors (Lipinski definition) is 3. The first-order valence-electron chi connectivity index (χ1n) is 9.54. The molecule has 1 saturated heterocycles. The number of hydrogen-bond donors (Lipinski definition) is 2. The molecule has 3 amide bonds. The van der Waals surface area contributed by atoms with Crippen LogP contribution in [0.3, 0.4) is 0 Å².